The minimum atomic E-state index is -0.371. The molecule has 7 heteroatoms. The summed E-state index contributed by atoms with van der Waals surface area (Å²) in [4.78, 5) is 29.1. The lowest BCUT2D eigenvalue weighted by Gasteiger charge is -2.30. The van der Waals surface area contributed by atoms with Crippen molar-refractivity contribution in [3.8, 4) is 5.75 Å². The summed E-state index contributed by atoms with van der Waals surface area (Å²) < 4.78 is 20.2. The van der Waals surface area contributed by atoms with E-state index in [4.69, 9.17) is 4.74 Å². The van der Waals surface area contributed by atoms with Crippen molar-refractivity contribution in [2.24, 2.45) is 0 Å². The second-order valence-electron chi connectivity index (χ2n) is 8.24. The summed E-state index contributed by atoms with van der Waals surface area (Å²) in [6.45, 7) is 1.38. The van der Waals surface area contributed by atoms with Gasteiger partial charge in [0.25, 0.3) is 11.8 Å². The first-order valence-corrected chi connectivity index (χ1v) is 11.0. The van der Waals surface area contributed by atoms with E-state index in [9.17, 15) is 14.0 Å². The van der Waals surface area contributed by atoms with E-state index >= 15 is 0 Å². The van der Waals surface area contributed by atoms with Crippen LogP contribution in [-0.2, 0) is 11.3 Å². The molecule has 1 N–H and O–H groups in total. The number of amides is 2. The topological polar surface area (TPSA) is 61.9 Å². The lowest BCUT2D eigenvalue weighted by Crippen LogP contribution is -2.37. The first-order chi connectivity index (χ1) is 16.4. The molecular weight excluding hydrogens is 433 g/mol. The first-order valence-electron chi connectivity index (χ1n) is 11.0. The zero-order valence-corrected chi connectivity index (χ0v) is 19.1. The van der Waals surface area contributed by atoms with Crippen LogP contribution in [0.1, 0.15) is 21.5 Å². The predicted octanol–water partition coefficient (Wildman–Crippen LogP) is 4.08. The predicted molar refractivity (Wildman–Crippen MR) is 130 cm³/mol. The summed E-state index contributed by atoms with van der Waals surface area (Å²) in [6.07, 6.45) is 1.63. The van der Waals surface area contributed by atoms with Crippen LogP contribution < -0.4 is 15.0 Å². The molecule has 1 heterocycles. The van der Waals surface area contributed by atoms with E-state index in [0.29, 0.717) is 34.7 Å². The van der Waals surface area contributed by atoms with Crippen LogP contribution in [0.2, 0.25) is 0 Å². The van der Waals surface area contributed by atoms with Crippen LogP contribution in [0.25, 0.3) is 6.08 Å². The Hall–Kier alpha value is -3.97. The average Bonchev–Trinajstić information content (AvgIpc) is 2.83. The Morgan fingerprint density at radius 1 is 1.03 bits per heavy atom. The Bertz CT molecular complexity index is 1220. The van der Waals surface area contributed by atoms with Crippen LogP contribution in [0.5, 0.6) is 5.75 Å². The molecule has 4 rings (SSSR count). The zero-order chi connectivity index (χ0) is 24.1. The Balaban J connectivity index is 1.56. The lowest BCUT2D eigenvalue weighted by atomic mass is 10.1. The number of hydrogen-bond donors (Lipinski definition) is 1. The smallest absolute Gasteiger partial charge is 0.294 e. The molecule has 0 fully saturated rings. The molecule has 6 nitrogen and oxygen atoms in total. The zero-order valence-electron chi connectivity index (χ0n) is 19.1. The lowest BCUT2D eigenvalue weighted by molar-refractivity contribution is -0.117. The van der Waals surface area contributed by atoms with Gasteiger partial charge in [0, 0.05) is 24.2 Å². The summed E-state index contributed by atoms with van der Waals surface area (Å²) in [5, 5.41) is 2.87. The molecule has 0 radical (unpaired) electrons. The minimum Gasteiger partial charge on any atom is -0.449 e. The van der Waals surface area contributed by atoms with Crippen molar-refractivity contribution in [1.82, 2.24) is 10.2 Å². The SMILES string of the molecule is CN(C)CCNC(=O)c1ccc(C=C2Oc3ccccc3N(Cc3ccccc3F)C2=O)cc1. The summed E-state index contributed by atoms with van der Waals surface area (Å²) in [5.41, 5.74) is 2.23. The Labute approximate surface area is 198 Å². The highest BCUT2D eigenvalue weighted by Gasteiger charge is 2.30. The number of nitrogens with one attached hydrogen (secondary N) is 1. The molecule has 0 atom stereocenters. The van der Waals surface area contributed by atoms with E-state index in [-0.39, 0.29) is 29.9 Å². The van der Waals surface area contributed by atoms with Crippen molar-refractivity contribution in [1.29, 1.82) is 0 Å². The highest BCUT2D eigenvalue weighted by atomic mass is 19.1. The number of anilines is 1. The molecule has 3 aromatic rings. The standard InChI is InChI=1S/C27H26FN3O3/c1-30(2)16-15-29-26(32)20-13-11-19(12-14-20)17-25-27(33)31(18-21-7-3-4-8-22(21)28)23-9-5-6-10-24(23)34-25/h3-14,17H,15-16,18H2,1-2H3,(H,29,32). The van der Waals surface area contributed by atoms with Crippen molar-refractivity contribution in [2.75, 3.05) is 32.1 Å². The number of ether oxygens (including phenoxy) is 1. The van der Waals surface area contributed by atoms with Gasteiger partial charge >= 0.3 is 0 Å². The second-order valence-corrected chi connectivity index (χ2v) is 8.24. The molecule has 2 amide bonds. The summed E-state index contributed by atoms with van der Waals surface area (Å²) >= 11 is 0. The summed E-state index contributed by atoms with van der Waals surface area (Å²) in [5.74, 6) is -0.257. The van der Waals surface area contributed by atoms with E-state index < -0.39 is 0 Å². The quantitative estimate of drug-likeness (QED) is 0.541. The van der Waals surface area contributed by atoms with E-state index in [0.717, 1.165) is 6.54 Å². The van der Waals surface area contributed by atoms with Gasteiger partial charge in [0.1, 0.15) is 5.82 Å². The Morgan fingerprint density at radius 3 is 2.47 bits per heavy atom. The van der Waals surface area contributed by atoms with Crippen LogP contribution in [0.3, 0.4) is 0 Å². The van der Waals surface area contributed by atoms with Crippen LogP contribution in [0, 0.1) is 5.82 Å². The maximum Gasteiger partial charge on any atom is 0.294 e. The number of likely N-dealkylation sites (N-methyl/N-ethyl adjacent to an activating group) is 1. The molecule has 0 unspecified atom stereocenters. The fourth-order valence-electron chi connectivity index (χ4n) is 3.59. The highest BCUT2D eigenvalue weighted by Crippen LogP contribution is 2.36. The number of halogens is 1. The number of rotatable bonds is 7. The number of benzene rings is 3. The van der Waals surface area contributed by atoms with Gasteiger partial charge < -0.3 is 15.0 Å². The third-order valence-corrected chi connectivity index (χ3v) is 5.43. The van der Waals surface area contributed by atoms with Gasteiger partial charge in [0.15, 0.2) is 11.5 Å². The third-order valence-electron chi connectivity index (χ3n) is 5.43. The van der Waals surface area contributed by atoms with Crippen LogP contribution in [0.15, 0.2) is 78.6 Å². The molecule has 174 valence electrons. The fourth-order valence-corrected chi connectivity index (χ4v) is 3.59. The van der Waals surface area contributed by atoms with Gasteiger partial charge in [-0.2, -0.15) is 0 Å². The molecule has 0 spiro atoms. The number of carbonyl (C=O) groups excluding carboxylic acids is 2. The number of hydrogen-bond acceptors (Lipinski definition) is 4. The Kier molecular flexibility index (Phi) is 7.04. The molecule has 0 aromatic heterocycles. The van der Waals surface area contributed by atoms with Crippen LogP contribution in [-0.4, -0.2) is 43.9 Å². The van der Waals surface area contributed by atoms with Crippen molar-refractivity contribution in [3.05, 3.63) is 101 Å². The molecule has 3 aromatic carbocycles. The van der Waals surface area contributed by atoms with Gasteiger partial charge in [-0.25, -0.2) is 4.39 Å². The van der Waals surface area contributed by atoms with Crippen molar-refractivity contribution < 1.29 is 18.7 Å². The summed E-state index contributed by atoms with van der Waals surface area (Å²) in [7, 11) is 3.89. The monoisotopic (exact) mass is 459 g/mol. The van der Waals surface area contributed by atoms with Gasteiger partial charge in [0.05, 0.1) is 12.2 Å². The first kappa shape index (κ1) is 23.2. The molecular formula is C27H26FN3O3. The Morgan fingerprint density at radius 2 is 1.74 bits per heavy atom. The number of carbonyl (C=O) groups is 2. The molecule has 1 aliphatic rings. The van der Waals surface area contributed by atoms with Gasteiger partial charge in [-0.05, 0) is 56.1 Å². The van der Waals surface area contributed by atoms with E-state index in [2.05, 4.69) is 5.32 Å². The highest BCUT2D eigenvalue weighted by molar-refractivity contribution is 6.09. The number of nitrogens with zero attached hydrogens (tertiary/aromatic N) is 2. The minimum absolute atomic E-state index is 0.0786. The average molecular weight is 460 g/mol. The molecule has 0 bridgehead atoms. The molecule has 0 saturated carbocycles. The van der Waals surface area contributed by atoms with Gasteiger partial charge in [-0.15, -0.1) is 0 Å². The number of para-hydroxylation sites is 2. The van der Waals surface area contributed by atoms with Crippen molar-refractivity contribution in [2.45, 2.75) is 6.54 Å². The maximum absolute atomic E-state index is 14.3. The largest absolute Gasteiger partial charge is 0.449 e. The van der Waals surface area contributed by atoms with E-state index in [1.54, 1.807) is 66.7 Å². The third kappa shape index (κ3) is 5.32. The van der Waals surface area contributed by atoms with Gasteiger partial charge in [-0.1, -0.05) is 42.5 Å². The maximum atomic E-state index is 14.3. The number of fused-ring (bicyclic) bond motifs is 1. The normalized spacial score (nSPS) is 14.2. The second kappa shape index (κ2) is 10.3. The van der Waals surface area contributed by atoms with Crippen LogP contribution >= 0.6 is 0 Å². The van der Waals surface area contributed by atoms with Crippen molar-refractivity contribution >= 4 is 23.6 Å². The molecule has 1 aliphatic heterocycles. The molecule has 0 saturated heterocycles. The molecule has 34 heavy (non-hydrogen) atoms. The van der Waals surface area contributed by atoms with E-state index in [1.807, 2.05) is 25.1 Å². The van der Waals surface area contributed by atoms with Crippen molar-refractivity contribution in [3.63, 3.8) is 0 Å². The molecule has 0 aliphatic carbocycles. The fraction of sp³-hybridized carbons (Fsp3) is 0.185. The summed E-state index contributed by atoms with van der Waals surface area (Å²) in [6, 6.07) is 20.5. The van der Waals surface area contributed by atoms with Gasteiger partial charge in [-0.3, -0.25) is 14.5 Å². The van der Waals surface area contributed by atoms with E-state index in [1.165, 1.54) is 11.0 Å². The van der Waals surface area contributed by atoms with Gasteiger partial charge in [0.2, 0.25) is 0 Å². The van der Waals surface area contributed by atoms with Crippen LogP contribution in [0.4, 0.5) is 10.1 Å².